The highest BCUT2D eigenvalue weighted by Gasteiger charge is 2.21. The van der Waals surface area contributed by atoms with Crippen LogP contribution < -0.4 is 5.32 Å². The summed E-state index contributed by atoms with van der Waals surface area (Å²) in [5, 5.41) is 10.1. The van der Waals surface area contributed by atoms with Crippen molar-refractivity contribution in [2.24, 2.45) is 5.92 Å². The maximum Gasteiger partial charge on any atom is 0.269 e. The molecule has 1 fully saturated rings. The van der Waals surface area contributed by atoms with Gasteiger partial charge < -0.3 is 15.0 Å². The lowest BCUT2D eigenvalue weighted by Gasteiger charge is -2.34. The number of rotatable bonds is 7. The van der Waals surface area contributed by atoms with Gasteiger partial charge in [-0.2, -0.15) is 5.10 Å². The molecular weight excluding hydrogens is 352 g/mol. The Labute approximate surface area is 158 Å². The first-order valence-corrected chi connectivity index (χ1v) is 9.08. The zero-order valence-corrected chi connectivity index (χ0v) is 15.3. The Morgan fingerprint density at radius 2 is 2.04 bits per heavy atom. The maximum absolute atomic E-state index is 11.9. The number of aromatic amines is 1. The van der Waals surface area contributed by atoms with E-state index in [1.807, 2.05) is 24.3 Å². The molecule has 2 aromatic rings. The lowest BCUT2D eigenvalue weighted by atomic mass is 9.97. The molecule has 1 aromatic carbocycles. The SMILES string of the molecule is C=C(OCc1ccc(Cl)cc1)N1CCC(CNC(=O)c2ccn[nH]2)CC1. The number of hydrogen-bond donors (Lipinski definition) is 2. The molecular formula is C19H23ClN4O2. The molecule has 0 saturated carbocycles. The van der Waals surface area contributed by atoms with Crippen molar-refractivity contribution in [2.75, 3.05) is 19.6 Å². The van der Waals surface area contributed by atoms with Crippen LogP contribution in [0.15, 0.2) is 49.0 Å². The molecule has 26 heavy (non-hydrogen) atoms. The van der Waals surface area contributed by atoms with Crippen LogP contribution in [0.1, 0.15) is 28.9 Å². The summed E-state index contributed by atoms with van der Waals surface area (Å²) in [5.41, 5.74) is 1.55. The number of aromatic nitrogens is 2. The average molecular weight is 375 g/mol. The number of carbonyl (C=O) groups is 1. The van der Waals surface area contributed by atoms with Crippen molar-refractivity contribution in [2.45, 2.75) is 19.4 Å². The minimum Gasteiger partial charge on any atom is -0.475 e. The monoisotopic (exact) mass is 374 g/mol. The molecule has 1 aliphatic rings. The summed E-state index contributed by atoms with van der Waals surface area (Å²) in [6.07, 6.45) is 3.56. The molecule has 0 radical (unpaired) electrons. The van der Waals surface area contributed by atoms with Crippen LogP contribution in [0.3, 0.4) is 0 Å². The third kappa shape index (κ3) is 5.02. The summed E-state index contributed by atoms with van der Waals surface area (Å²) in [6, 6.07) is 9.27. The molecule has 0 aliphatic carbocycles. The molecule has 1 aliphatic heterocycles. The number of H-pyrrole nitrogens is 1. The van der Waals surface area contributed by atoms with E-state index in [0.717, 1.165) is 31.5 Å². The van der Waals surface area contributed by atoms with Gasteiger partial charge in [0.05, 0.1) is 0 Å². The number of ether oxygens (including phenoxy) is 1. The first-order chi connectivity index (χ1) is 12.6. The average Bonchev–Trinajstić information content (AvgIpc) is 3.21. The molecule has 2 N–H and O–H groups in total. The second kappa shape index (κ2) is 8.76. The van der Waals surface area contributed by atoms with Gasteiger partial charge in [-0.3, -0.25) is 9.89 Å². The topological polar surface area (TPSA) is 70.2 Å². The summed E-state index contributed by atoms with van der Waals surface area (Å²) in [6.45, 7) is 6.95. The van der Waals surface area contributed by atoms with Crippen molar-refractivity contribution < 1.29 is 9.53 Å². The van der Waals surface area contributed by atoms with Crippen LogP contribution in [0, 0.1) is 5.92 Å². The Hall–Kier alpha value is -2.47. The highest BCUT2D eigenvalue weighted by Crippen LogP contribution is 2.21. The molecule has 2 heterocycles. The van der Waals surface area contributed by atoms with Crippen LogP contribution in [0.5, 0.6) is 0 Å². The van der Waals surface area contributed by atoms with Gasteiger partial charge in [-0.1, -0.05) is 23.7 Å². The van der Waals surface area contributed by atoms with E-state index < -0.39 is 0 Å². The van der Waals surface area contributed by atoms with Crippen LogP contribution >= 0.6 is 11.6 Å². The minimum atomic E-state index is -0.111. The summed E-state index contributed by atoms with van der Waals surface area (Å²) < 4.78 is 5.80. The van der Waals surface area contributed by atoms with E-state index >= 15 is 0 Å². The minimum absolute atomic E-state index is 0.111. The Morgan fingerprint density at radius 3 is 2.69 bits per heavy atom. The molecule has 0 spiro atoms. The van der Waals surface area contributed by atoms with Crippen LogP contribution in [0.25, 0.3) is 0 Å². The van der Waals surface area contributed by atoms with Gasteiger partial charge in [0.25, 0.3) is 5.91 Å². The number of nitrogens with one attached hydrogen (secondary N) is 2. The molecule has 3 rings (SSSR count). The van der Waals surface area contributed by atoms with Crippen molar-refractivity contribution in [1.82, 2.24) is 20.4 Å². The maximum atomic E-state index is 11.9. The van der Waals surface area contributed by atoms with Crippen molar-refractivity contribution in [3.8, 4) is 0 Å². The fourth-order valence-corrected chi connectivity index (χ4v) is 3.07. The molecule has 1 aromatic heterocycles. The number of amides is 1. The second-order valence-electron chi connectivity index (χ2n) is 6.42. The zero-order valence-electron chi connectivity index (χ0n) is 14.6. The van der Waals surface area contributed by atoms with E-state index in [2.05, 4.69) is 27.0 Å². The van der Waals surface area contributed by atoms with E-state index in [-0.39, 0.29) is 5.91 Å². The van der Waals surface area contributed by atoms with Crippen LogP contribution in [0.4, 0.5) is 0 Å². The third-order valence-corrected chi connectivity index (χ3v) is 4.83. The van der Waals surface area contributed by atoms with E-state index in [9.17, 15) is 4.79 Å². The van der Waals surface area contributed by atoms with Gasteiger partial charge in [-0.05, 0) is 49.1 Å². The molecule has 0 unspecified atom stereocenters. The van der Waals surface area contributed by atoms with Gasteiger partial charge in [-0.25, -0.2) is 0 Å². The van der Waals surface area contributed by atoms with E-state index in [1.165, 1.54) is 0 Å². The van der Waals surface area contributed by atoms with Crippen molar-refractivity contribution in [1.29, 1.82) is 0 Å². The Morgan fingerprint density at radius 1 is 1.31 bits per heavy atom. The number of benzene rings is 1. The van der Waals surface area contributed by atoms with Gasteiger partial charge in [0.1, 0.15) is 12.3 Å². The fourth-order valence-electron chi connectivity index (χ4n) is 2.94. The van der Waals surface area contributed by atoms with Crippen molar-refractivity contribution in [3.63, 3.8) is 0 Å². The van der Waals surface area contributed by atoms with Gasteiger partial charge in [0, 0.05) is 30.9 Å². The number of hydrogen-bond acceptors (Lipinski definition) is 4. The van der Waals surface area contributed by atoms with Crippen LogP contribution in [0.2, 0.25) is 5.02 Å². The molecule has 1 amide bonds. The zero-order chi connectivity index (χ0) is 18.4. The standard InChI is InChI=1S/C19H23ClN4O2/c1-14(26-13-16-2-4-17(20)5-3-16)24-10-7-15(8-11-24)12-21-19(25)18-6-9-22-23-18/h2-6,9,15H,1,7-8,10-13H2,(H,21,25)(H,22,23). The molecule has 1 saturated heterocycles. The van der Waals surface area contributed by atoms with Crippen molar-refractivity contribution in [3.05, 3.63) is 65.3 Å². The van der Waals surface area contributed by atoms with Gasteiger partial charge in [0.2, 0.25) is 0 Å². The molecule has 0 bridgehead atoms. The Bertz CT molecular complexity index is 723. The highest BCUT2D eigenvalue weighted by atomic mass is 35.5. The summed E-state index contributed by atoms with van der Waals surface area (Å²) in [5.74, 6) is 1.04. The number of halogens is 1. The number of carbonyl (C=O) groups excluding carboxylic acids is 1. The highest BCUT2D eigenvalue weighted by molar-refractivity contribution is 6.30. The predicted octanol–water partition coefficient (Wildman–Crippen LogP) is 3.19. The van der Waals surface area contributed by atoms with Crippen LogP contribution in [-0.2, 0) is 11.3 Å². The fraction of sp³-hybridized carbons (Fsp3) is 0.368. The van der Waals surface area contributed by atoms with Gasteiger partial charge >= 0.3 is 0 Å². The van der Waals surface area contributed by atoms with Crippen molar-refractivity contribution >= 4 is 17.5 Å². The quantitative estimate of drug-likeness (QED) is 0.730. The summed E-state index contributed by atoms with van der Waals surface area (Å²) in [7, 11) is 0. The normalized spacial score (nSPS) is 14.9. The lowest BCUT2D eigenvalue weighted by Crippen LogP contribution is -2.38. The summed E-state index contributed by atoms with van der Waals surface area (Å²) in [4.78, 5) is 14.1. The molecule has 0 atom stereocenters. The number of nitrogens with zero attached hydrogens (tertiary/aromatic N) is 2. The van der Waals surface area contributed by atoms with E-state index in [4.69, 9.17) is 16.3 Å². The molecule has 6 nitrogen and oxygen atoms in total. The lowest BCUT2D eigenvalue weighted by molar-refractivity contribution is 0.0780. The summed E-state index contributed by atoms with van der Waals surface area (Å²) >= 11 is 5.89. The molecule has 138 valence electrons. The van der Waals surface area contributed by atoms with E-state index in [0.29, 0.717) is 35.7 Å². The largest absolute Gasteiger partial charge is 0.475 e. The first-order valence-electron chi connectivity index (χ1n) is 8.70. The third-order valence-electron chi connectivity index (χ3n) is 4.58. The molecule has 7 heteroatoms. The smallest absolute Gasteiger partial charge is 0.269 e. The second-order valence-corrected chi connectivity index (χ2v) is 6.86. The van der Waals surface area contributed by atoms with E-state index in [1.54, 1.807) is 12.3 Å². The Kier molecular flexibility index (Phi) is 6.17. The Balaban J connectivity index is 1.37. The van der Waals surface area contributed by atoms with Crippen LogP contribution in [-0.4, -0.2) is 40.6 Å². The first kappa shape index (κ1) is 18.3. The number of likely N-dealkylation sites (tertiary alicyclic amines) is 1. The predicted molar refractivity (Wildman–Crippen MR) is 101 cm³/mol. The van der Waals surface area contributed by atoms with Gasteiger partial charge in [0.15, 0.2) is 5.88 Å². The number of piperidine rings is 1. The van der Waals surface area contributed by atoms with Gasteiger partial charge in [-0.15, -0.1) is 0 Å².